The smallest absolute Gasteiger partial charge is 0.360 e. The van der Waals surface area contributed by atoms with Crippen LogP contribution in [0.3, 0.4) is 0 Å². The largest absolute Gasteiger partial charge is 0.461 e. The van der Waals surface area contributed by atoms with E-state index in [0.29, 0.717) is 10.6 Å². The molecule has 0 atom stereocenters. The summed E-state index contributed by atoms with van der Waals surface area (Å²) in [6.07, 6.45) is 1.15. The molecule has 2 aromatic heterocycles. The quantitative estimate of drug-likeness (QED) is 0.809. The van der Waals surface area contributed by atoms with Crippen molar-refractivity contribution >= 4 is 17.3 Å². The zero-order valence-electron chi connectivity index (χ0n) is 10.7. The first kappa shape index (κ1) is 13.5. The van der Waals surface area contributed by atoms with Crippen LogP contribution in [0.25, 0.3) is 10.6 Å². The molecule has 0 saturated carbocycles. The lowest BCUT2D eigenvalue weighted by Crippen LogP contribution is -2.11. The number of hydrogen-bond donors (Lipinski definition) is 0. The average Bonchev–Trinajstić information content (AvgIpc) is 2.69. The molecule has 0 aliphatic rings. The molecular formula is C12H12FN3O2S. The van der Waals surface area contributed by atoms with Crippen molar-refractivity contribution in [2.45, 2.75) is 20.8 Å². The average molecular weight is 281 g/mol. The van der Waals surface area contributed by atoms with Crippen LogP contribution in [0.1, 0.15) is 28.1 Å². The van der Waals surface area contributed by atoms with Crippen molar-refractivity contribution in [3.63, 3.8) is 0 Å². The van der Waals surface area contributed by atoms with Gasteiger partial charge in [-0.3, -0.25) is 0 Å². The summed E-state index contributed by atoms with van der Waals surface area (Å²) in [5.41, 5.74) is 0.411. The van der Waals surface area contributed by atoms with Gasteiger partial charge in [-0.1, -0.05) is 0 Å². The summed E-state index contributed by atoms with van der Waals surface area (Å²) in [6, 6.07) is 0. The maximum absolute atomic E-state index is 14.3. The van der Waals surface area contributed by atoms with Gasteiger partial charge in [-0.2, -0.15) is 0 Å². The van der Waals surface area contributed by atoms with Crippen LogP contribution in [-0.4, -0.2) is 27.5 Å². The Balaban J connectivity index is 2.51. The van der Waals surface area contributed by atoms with Crippen LogP contribution in [0.2, 0.25) is 0 Å². The van der Waals surface area contributed by atoms with Gasteiger partial charge >= 0.3 is 5.97 Å². The number of aromatic nitrogens is 3. The topological polar surface area (TPSA) is 65.0 Å². The fraction of sp³-hybridized carbons (Fsp3) is 0.333. The second-order valence-corrected chi connectivity index (χ2v) is 4.96. The molecule has 100 valence electrons. The number of carbonyl (C=O) groups is 1. The van der Waals surface area contributed by atoms with Crippen LogP contribution < -0.4 is 0 Å². The molecule has 0 aromatic carbocycles. The molecule has 0 unspecified atom stereocenters. The molecule has 2 heterocycles. The lowest BCUT2D eigenvalue weighted by molar-refractivity contribution is 0.0513. The van der Waals surface area contributed by atoms with E-state index in [-0.39, 0.29) is 18.0 Å². The molecule has 2 aromatic rings. The van der Waals surface area contributed by atoms with E-state index in [1.807, 2.05) is 6.92 Å². The van der Waals surface area contributed by atoms with Gasteiger partial charge in [0.25, 0.3) is 0 Å². The first-order valence-electron chi connectivity index (χ1n) is 5.66. The lowest BCUT2D eigenvalue weighted by atomic mass is 10.2. The van der Waals surface area contributed by atoms with Crippen molar-refractivity contribution in [3.8, 4) is 10.6 Å². The fourth-order valence-corrected chi connectivity index (χ4v) is 2.53. The second-order valence-electron chi connectivity index (χ2n) is 3.75. The third kappa shape index (κ3) is 2.60. The zero-order valence-corrected chi connectivity index (χ0v) is 11.5. The van der Waals surface area contributed by atoms with E-state index in [1.165, 1.54) is 11.3 Å². The van der Waals surface area contributed by atoms with Gasteiger partial charge in [0.15, 0.2) is 11.5 Å². The summed E-state index contributed by atoms with van der Waals surface area (Å²) in [7, 11) is 0. The Bertz CT molecular complexity index is 627. The SMILES string of the molecule is CCOC(=O)c1ncnc(-c2sc(C)nc2C)c1F. The van der Waals surface area contributed by atoms with Gasteiger partial charge in [-0.05, 0) is 20.8 Å². The van der Waals surface area contributed by atoms with Crippen molar-refractivity contribution in [1.82, 2.24) is 15.0 Å². The molecule has 0 saturated heterocycles. The minimum absolute atomic E-state index is 0.0844. The Morgan fingerprint density at radius 2 is 2.16 bits per heavy atom. The van der Waals surface area contributed by atoms with E-state index in [0.717, 1.165) is 11.3 Å². The van der Waals surface area contributed by atoms with Gasteiger partial charge < -0.3 is 4.74 Å². The first-order chi connectivity index (χ1) is 9.04. The number of ether oxygens (including phenoxy) is 1. The minimum atomic E-state index is -0.789. The summed E-state index contributed by atoms with van der Waals surface area (Å²) in [6.45, 7) is 5.40. The molecule has 0 aliphatic heterocycles. The molecule has 0 amide bonds. The van der Waals surface area contributed by atoms with Crippen LogP contribution in [0.5, 0.6) is 0 Å². The summed E-state index contributed by atoms with van der Waals surface area (Å²) >= 11 is 1.32. The van der Waals surface area contributed by atoms with Gasteiger partial charge in [-0.25, -0.2) is 24.1 Å². The number of nitrogens with zero attached hydrogens (tertiary/aromatic N) is 3. The summed E-state index contributed by atoms with van der Waals surface area (Å²) in [4.78, 5) is 23.9. The van der Waals surface area contributed by atoms with Crippen LogP contribution in [0.15, 0.2) is 6.33 Å². The van der Waals surface area contributed by atoms with Crippen molar-refractivity contribution < 1.29 is 13.9 Å². The molecule has 0 aliphatic carbocycles. The number of rotatable bonds is 3. The summed E-state index contributed by atoms with van der Waals surface area (Å²) < 4.78 is 19.0. The number of aryl methyl sites for hydroxylation is 2. The van der Waals surface area contributed by atoms with Crippen molar-refractivity contribution in [1.29, 1.82) is 0 Å². The van der Waals surface area contributed by atoms with E-state index in [9.17, 15) is 9.18 Å². The molecule has 0 radical (unpaired) electrons. The predicted molar refractivity (Wildman–Crippen MR) is 68.5 cm³/mol. The van der Waals surface area contributed by atoms with Gasteiger partial charge in [-0.15, -0.1) is 11.3 Å². The number of halogens is 1. The van der Waals surface area contributed by atoms with Gasteiger partial charge in [0, 0.05) is 0 Å². The van der Waals surface area contributed by atoms with Crippen molar-refractivity contribution in [2.24, 2.45) is 0 Å². The van der Waals surface area contributed by atoms with Crippen LogP contribution >= 0.6 is 11.3 Å². The maximum atomic E-state index is 14.3. The third-order valence-electron chi connectivity index (χ3n) is 2.38. The standard InChI is InChI=1S/C12H12FN3O2S/c1-4-18-12(17)10-8(13)9(14-5-15-10)11-6(2)16-7(3)19-11/h5H,4H2,1-3H3. The van der Waals surface area contributed by atoms with Crippen molar-refractivity contribution in [3.05, 3.63) is 28.5 Å². The fourth-order valence-electron chi connectivity index (χ4n) is 1.62. The molecule has 0 N–H and O–H groups in total. The normalized spacial score (nSPS) is 10.5. The molecule has 0 fully saturated rings. The molecule has 2 rings (SSSR count). The number of thiazole rings is 1. The van der Waals surface area contributed by atoms with E-state index in [2.05, 4.69) is 15.0 Å². The molecule has 7 heteroatoms. The molecule has 5 nitrogen and oxygen atoms in total. The molecule has 0 bridgehead atoms. The van der Waals surface area contributed by atoms with Crippen LogP contribution in [0.4, 0.5) is 4.39 Å². The lowest BCUT2D eigenvalue weighted by Gasteiger charge is -2.05. The van der Waals surface area contributed by atoms with E-state index in [1.54, 1.807) is 13.8 Å². The molecule has 0 spiro atoms. The third-order valence-corrected chi connectivity index (χ3v) is 3.46. The van der Waals surface area contributed by atoms with Crippen LogP contribution in [0, 0.1) is 19.7 Å². The predicted octanol–water partition coefficient (Wildman–Crippen LogP) is 2.53. The Kier molecular flexibility index (Phi) is 3.84. The molecular weight excluding hydrogens is 269 g/mol. The Hall–Kier alpha value is -1.89. The number of carbonyl (C=O) groups excluding carboxylic acids is 1. The monoisotopic (exact) mass is 281 g/mol. The number of esters is 1. The van der Waals surface area contributed by atoms with Crippen molar-refractivity contribution in [2.75, 3.05) is 6.61 Å². The highest BCUT2D eigenvalue weighted by Crippen LogP contribution is 2.30. The Morgan fingerprint density at radius 1 is 1.42 bits per heavy atom. The zero-order chi connectivity index (χ0) is 14.0. The van der Waals surface area contributed by atoms with Gasteiger partial charge in [0.2, 0.25) is 0 Å². The minimum Gasteiger partial charge on any atom is -0.461 e. The number of hydrogen-bond acceptors (Lipinski definition) is 6. The summed E-state index contributed by atoms with van der Waals surface area (Å²) in [5, 5.41) is 0.809. The first-order valence-corrected chi connectivity index (χ1v) is 6.48. The van der Waals surface area contributed by atoms with Gasteiger partial charge in [0.05, 0.1) is 22.2 Å². The van der Waals surface area contributed by atoms with E-state index < -0.39 is 11.8 Å². The highest BCUT2D eigenvalue weighted by molar-refractivity contribution is 7.15. The van der Waals surface area contributed by atoms with E-state index in [4.69, 9.17) is 4.74 Å². The molecule has 19 heavy (non-hydrogen) atoms. The summed E-state index contributed by atoms with van der Waals surface area (Å²) in [5.74, 6) is -1.56. The van der Waals surface area contributed by atoms with Crippen LogP contribution in [-0.2, 0) is 4.74 Å². The Morgan fingerprint density at radius 3 is 2.74 bits per heavy atom. The highest BCUT2D eigenvalue weighted by Gasteiger charge is 2.22. The van der Waals surface area contributed by atoms with E-state index >= 15 is 0 Å². The second kappa shape index (κ2) is 5.40. The Labute approximate surface area is 113 Å². The highest BCUT2D eigenvalue weighted by atomic mass is 32.1. The van der Waals surface area contributed by atoms with Gasteiger partial charge in [0.1, 0.15) is 12.0 Å². The maximum Gasteiger partial charge on any atom is 0.360 e.